The van der Waals surface area contributed by atoms with Gasteiger partial charge in [-0.25, -0.2) is 0 Å². The molecule has 4 nitrogen and oxygen atoms in total. The fourth-order valence-corrected chi connectivity index (χ4v) is 3.00. The molecular formula is C22H25N3O. The molecule has 2 aromatic carbocycles. The van der Waals surface area contributed by atoms with Crippen molar-refractivity contribution in [3.63, 3.8) is 0 Å². The Balaban J connectivity index is 2.04. The molecule has 0 spiro atoms. The van der Waals surface area contributed by atoms with Crippen molar-refractivity contribution >= 4 is 28.4 Å². The van der Waals surface area contributed by atoms with E-state index >= 15 is 0 Å². The average molecular weight is 347 g/mol. The molecule has 0 saturated heterocycles. The van der Waals surface area contributed by atoms with Crippen molar-refractivity contribution in [1.82, 2.24) is 10.3 Å². The fourth-order valence-electron chi connectivity index (χ4n) is 3.00. The van der Waals surface area contributed by atoms with Gasteiger partial charge in [0.05, 0.1) is 12.6 Å². The number of hydrogen-bond donors (Lipinski definition) is 2. The van der Waals surface area contributed by atoms with Gasteiger partial charge in [0.15, 0.2) is 0 Å². The molecule has 26 heavy (non-hydrogen) atoms. The van der Waals surface area contributed by atoms with Crippen LogP contribution in [-0.4, -0.2) is 25.7 Å². The van der Waals surface area contributed by atoms with Crippen molar-refractivity contribution in [2.45, 2.75) is 13.8 Å². The summed E-state index contributed by atoms with van der Waals surface area (Å²) in [5.74, 6) is 0.846. The van der Waals surface area contributed by atoms with Gasteiger partial charge in [0.1, 0.15) is 5.75 Å². The van der Waals surface area contributed by atoms with E-state index in [2.05, 4.69) is 47.9 Å². The van der Waals surface area contributed by atoms with Gasteiger partial charge in [-0.05, 0) is 74.5 Å². The van der Waals surface area contributed by atoms with E-state index in [4.69, 9.17) is 9.72 Å². The summed E-state index contributed by atoms with van der Waals surface area (Å²) in [6, 6.07) is 14.4. The molecule has 0 amide bonds. The second kappa shape index (κ2) is 8.02. The Morgan fingerprint density at radius 3 is 2.54 bits per heavy atom. The van der Waals surface area contributed by atoms with E-state index in [1.807, 2.05) is 38.2 Å². The average Bonchev–Trinajstić information content (AvgIpc) is 2.63. The van der Waals surface area contributed by atoms with Gasteiger partial charge in [0.25, 0.3) is 0 Å². The van der Waals surface area contributed by atoms with Crippen LogP contribution in [-0.2, 0) is 0 Å². The second-order valence-electron chi connectivity index (χ2n) is 6.36. The van der Waals surface area contributed by atoms with Crippen molar-refractivity contribution in [2.75, 3.05) is 26.0 Å². The minimum Gasteiger partial charge on any atom is -0.497 e. The highest BCUT2D eigenvalue weighted by molar-refractivity contribution is 5.96. The van der Waals surface area contributed by atoms with Crippen LogP contribution in [0.2, 0.25) is 0 Å². The first-order valence-electron chi connectivity index (χ1n) is 8.75. The predicted octanol–water partition coefficient (Wildman–Crippen LogP) is 4.84. The summed E-state index contributed by atoms with van der Waals surface area (Å²) < 4.78 is 5.24. The highest BCUT2D eigenvalue weighted by Gasteiger charge is 2.08. The van der Waals surface area contributed by atoms with Crippen LogP contribution in [0.3, 0.4) is 0 Å². The van der Waals surface area contributed by atoms with Gasteiger partial charge in [-0.2, -0.15) is 0 Å². The molecule has 134 valence electrons. The molecule has 0 aliphatic carbocycles. The Bertz CT molecular complexity index is 930. The molecule has 1 aromatic heterocycles. The number of rotatable bonds is 6. The molecule has 2 N–H and O–H groups in total. The molecule has 0 aliphatic rings. The third-order valence-electron chi connectivity index (χ3n) is 4.26. The first-order valence-corrected chi connectivity index (χ1v) is 8.75. The lowest BCUT2D eigenvalue weighted by atomic mass is 10.0. The highest BCUT2D eigenvalue weighted by atomic mass is 16.5. The minimum atomic E-state index is 0.846. The number of nitrogens with zero attached hydrogens (tertiary/aromatic N) is 1. The number of anilines is 2. The zero-order chi connectivity index (χ0) is 18.5. The molecule has 0 bridgehead atoms. The quantitative estimate of drug-likeness (QED) is 0.670. The lowest BCUT2D eigenvalue weighted by molar-refractivity contribution is 0.415. The summed E-state index contributed by atoms with van der Waals surface area (Å²) in [6.45, 7) is 4.99. The maximum atomic E-state index is 5.24. The Morgan fingerprint density at radius 2 is 1.85 bits per heavy atom. The molecule has 1 heterocycles. The molecule has 0 unspecified atom stereocenters. The Kier molecular flexibility index (Phi) is 5.54. The van der Waals surface area contributed by atoms with Gasteiger partial charge in [-0.15, -0.1) is 0 Å². The van der Waals surface area contributed by atoms with Gasteiger partial charge in [-0.3, -0.25) is 4.98 Å². The zero-order valence-corrected chi connectivity index (χ0v) is 15.8. The number of aryl methyl sites for hydroxylation is 2. The van der Waals surface area contributed by atoms with Crippen LogP contribution in [0, 0.1) is 13.8 Å². The summed E-state index contributed by atoms with van der Waals surface area (Å²) in [6.07, 6.45) is 4.26. The van der Waals surface area contributed by atoms with E-state index in [-0.39, 0.29) is 0 Å². The number of hydrogen-bond acceptors (Lipinski definition) is 4. The number of nitrogens with one attached hydrogen (secondary N) is 2. The molecule has 4 heteroatoms. The van der Waals surface area contributed by atoms with Crippen molar-refractivity contribution in [2.24, 2.45) is 0 Å². The summed E-state index contributed by atoms with van der Waals surface area (Å²) >= 11 is 0. The first kappa shape index (κ1) is 18.0. The number of pyridine rings is 1. The summed E-state index contributed by atoms with van der Waals surface area (Å²) in [7, 11) is 3.62. The van der Waals surface area contributed by atoms with Crippen LogP contribution in [0.25, 0.3) is 17.0 Å². The van der Waals surface area contributed by atoms with Crippen LogP contribution < -0.4 is 15.4 Å². The number of aromatic nitrogens is 1. The molecule has 0 atom stereocenters. The van der Waals surface area contributed by atoms with Gasteiger partial charge < -0.3 is 15.4 Å². The summed E-state index contributed by atoms with van der Waals surface area (Å²) in [5, 5.41) is 7.78. The lowest BCUT2D eigenvalue weighted by Gasteiger charge is -2.13. The van der Waals surface area contributed by atoms with Crippen LogP contribution in [0.4, 0.5) is 11.4 Å². The smallest absolute Gasteiger partial charge is 0.119 e. The van der Waals surface area contributed by atoms with Crippen LogP contribution >= 0.6 is 0 Å². The minimum absolute atomic E-state index is 0.846. The van der Waals surface area contributed by atoms with Crippen molar-refractivity contribution in [1.29, 1.82) is 0 Å². The van der Waals surface area contributed by atoms with E-state index in [1.54, 1.807) is 7.11 Å². The van der Waals surface area contributed by atoms with Crippen LogP contribution in [0.1, 0.15) is 16.8 Å². The van der Waals surface area contributed by atoms with Crippen molar-refractivity contribution < 1.29 is 4.74 Å². The van der Waals surface area contributed by atoms with E-state index < -0.39 is 0 Å². The van der Waals surface area contributed by atoms with E-state index in [9.17, 15) is 0 Å². The zero-order valence-electron chi connectivity index (χ0n) is 15.8. The molecule has 0 fully saturated rings. The predicted molar refractivity (Wildman–Crippen MR) is 110 cm³/mol. The molecular weight excluding hydrogens is 322 g/mol. The summed E-state index contributed by atoms with van der Waals surface area (Å²) in [4.78, 5) is 4.75. The number of benzene rings is 2. The SMILES string of the molecule is CNC/C=C/c1cc(C)c2nc(C)cc(Nc3ccc(OC)cc3)c2c1. The third-order valence-corrected chi connectivity index (χ3v) is 4.26. The molecule has 3 rings (SSSR count). The van der Waals surface area contributed by atoms with E-state index in [0.29, 0.717) is 0 Å². The Morgan fingerprint density at radius 1 is 1.08 bits per heavy atom. The third kappa shape index (κ3) is 4.03. The van der Waals surface area contributed by atoms with E-state index in [0.717, 1.165) is 40.3 Å². The van der Waals surface area contributed by atoms with Crippen LogP contribution in [0.5, 0.6) is 5.75 Å². The number of ether oxygens (including phenoxy) is 1. The maximum absolute atomic E-state index is 5.24. The van der Waals surface area contributed by atoms with Crippen LogP contribution in [0.15, 0.2) is 48.5 Å². The molecule has 0 radical (unpaired) electrons. The van der Waals surface area contributed by atoms with Crippen molar-refractivity contribution in [3.05, 3.63) is 65.4 Å². The fraction of sp³-hybridized carbons (Fsp3) is 0.227. The lowest BCUT2D eigenvalue weighted by Crippen LogP contribution is -2.03. The van der Waals surface area contributed by atoms with Gasteiger partial charge in [0, 0.05) is 29.0 Å². The summed E-state index contributed by atoms with van der Waals surface area (Å²) in [5.41, 5.74) is 6.46. The number of fused-ring (bicyclic) bond motifs is 1. The van der Waals surface area contributed by atoms with Crippen molar-refractivity contribution in [3.8, 4) is 5.75 Å². The van der Waals surface area contributed by atoms with Gasteiger partial charge >= 0.3 is 0 Å². The monoisotopic (exact) mass is 347 g/mol. The topological polar surface area (TPSA) is 46.2 Å². The Labute approximate surface area is 154 Å². The maximum Gasteiger partial charge on any atom is 0.119 e. The molecule has 0 aliphatic heterocycles. The normalized spacial score (nSPS) is 11.2. The Hall–Kier alpha value is -2.85. The van der Waals surface area contributed by atoms with Gasteiger partial charge in [0.2, 0.25) is 0 Å². The standard InChI is InChI=1S/C22H25N3O/c1-15-12-17(6-5-11-23-3)14-20-21(13-16(2)24-22(15)20)25-18-7-9-19(26-4)10-8-18/h5-10,12-14,23H,11H2,1-4H3,(H,24,25)/b6-5+. The first-order chi connectivity index (χ1) is 12.6. The number of likely N-dealkylation sites (N-methyl/N-ethyl adjacent to an activating group) is 1. The number of methoxy groups -OCH3 is 1. The second-order valence-corrected chi connectivity index (χ2v) is 6.36. The van der Waals surface area contributed by atoms with E-state index in [1.165, 1.54) is 11.1 Å². The highest BCUT2D eigenvalue weighted by Crippen LogP contribution is 2.30. The molecule has 3 aromatic rings. The molecule has 0 saturated carbocycles. The van der Waals surface area contributed by atoms with Gasteiger partial charge in [-0.1, -0.05) is 12.2 Å². The largest absolute Gasteiger partial charge is 0.497 e.